The lowest BCUT2D eigenvalue weighted by atomic mass is 9.49. The van der Waals surface area contributed by atoms with Crippen LogP contribution in [-0.2, 0) is 11.3 Å². The molecule has 0 amide bonds. The Labute approximate surface area is 169 Å². The summed E-state index contributed by atoms with van der Waals surface area (Å²) in [5.41, 5.74) is -0.243. The van der Waals surface area contributed by atoms with Crippen molar-refractivity contribution in [2.24, 2.45) is 40.9 Å². The van der Waals surface area contributed by atoms with E-state index in [0.717, 1.165) is 48.9 Å². The van der Waals surface area contributed by atoms with Crippen LogP contribution in [0.4, 0.5) is 0 Å². The summed E-state index contributed by atoms with van der Waals surface area (Å²) in [4.78, 5) is 13.1. The SMILES string of the molecule is C[C@@]1(O)CC[C@H]2[C@H](CC[C@@H]3[C@@H]2CC[C@]2(C)[C@@H](C(=O)Cn4cccn4)CC[C@@H]32)C1. The van der Waals surface area contributed by atoms with Crippen LogP contribution in [-0.4, -0.2) is 26.3 Å². The van der Waals surface area contributed by atoms with Crippen LogP contribution in [0.3, 0.4) is 0 Å². The summed E-state index contributed by atoms with van der Waals surface area (Å²) in [6.45, 7) is 4.91. The molecule has 1 heterocycles. The number of nitrogens with zero attached hydrogens (tertiary/aromatic N) is 2. The van der Waals surface area contributed by atoms with Crippen LogP contribution in [0.25, 0.3) is 0 Å². The van der Waals surface area contributed by atoms with E-state index in [1.165, 1.54) is 38.5 Å². The molecule has 0 aromatic carbocycles. The minimum atomic E-state index is -0.436. The molecule has 0 radical (unpaired) electrons. The molecule has 5 rings (SSSR count). The maximum Gasteiger partial charge on any atom is 0.157 e. The van der Waals surface area contributed by atoms with Crippen molar-refractivity contribution in [1.29, 1.82) is 0 Å². The van der Waals surface area contributed by atoms with Crippen molar-refractivity contribution >= 4 is 5.78 Å². The van der Waals surface area contributed by atoms with E-state index in [1.54, 1.807) is 10.9 Å². The van der Waals surface area contributed by atoms with E-state index in [1.807, 2.05) is 19.2 Å². The fraction of sp³-hybridized carbons (Fsp3) is 0.833. The van der Waals surface area contributed by atoms with E-state index in [4.69, 9.17) is 0 Å². The Hall–Kier alpha value is -1.16. The second-order valence-corrected chi connectivity index (χ2v) is 11.0. The lowest BCUT2D eigenvalue weighted by molar-refractivity contribution is -0.133. The molecule has 4 heteroatoms. The Morgan fingerprint density at radius 1 is 1.07 bits per heavy atom. The summed E-state index contributed by atoms with van der Waals surface area (Å²) in [7, 11) is 0. The first-order chi connectivity index (χ1) is 13.4. The van der Waals surface area contributed by atoms with E-state index < -0.39 is 5.60 Å². The third kappa shape index (κ3) is 2.98. The number of ketones is 1. The molecule has 1 aromatic heterocycles. The van der Waals surface area contributed by atoms with Gasteiger partial charge in [0.1, 0.15) is 0 Å². The van der Waals surface area contributed by atoms with E-state index in [-0.39, 0.29) is 11.3 Å². The van der Waals surface area contributed by atoms with Crippen molar-refractivity contribution in [3.8, 4) is 0 Å². The highest BCUT2D eigenvalue weighted by Crippen LogP contribution is 2.64. The Balaban J connectivity index is 1.32. The van der Waals surface area contributed by atoms with Gasteiger partial charge in [-0.3, -0.25) is 9.48 Å². The fourth-order valence-corrected chi connectivity index (χ4v) is 8.27. The molecule has 1 aromatic rings. The van der Waals surface area contributed by atoms with Gasteiger partial charge in [-0.15, -0.1) is 0 Å². The summed E-state index contributed by atoms with van der Waals surface area (Å²) >= 11 is 0. The van der Waals surface area contributed by atoms with Gasteiger partial charge in [0.2, 0.25) is 0 Å². The molecule has 0 aliphatic heterocycles. The molecule has 154 valence electrons. The van der Waals surface area contributed by atoms with Crippen molar-refractivity contribution in [2.75, 3.05) is 0 Å². The average Bonchev–Trinajstić information content (AvgIpc) is 3.27. The summed E-state index contributed by atoms with van der Waals surface area (Å²) in [6.07, 6.45) is 14.3. The highest BCUT2D eigenvalue weighted by molar-refractivity contribution is 5.82. The van der Waals surface area contributed by atoms with Crippen LogP contribution in [0.1, 0.15) is 71.6 Å². The maximum absolute atomic E-state index is 13.1. The van der Waals surface area contributed by atoms with Crippen LogP contribution in [0.2, 0.25) is 0 Å². The van der Waals surface area contributed by atoms with Crippen LogP contribution in [0, 0.1) is 40.9 Å². The Kier molecular flexibility index (Phi) is 4.50. The van der Waals surface area contributed by atoms with Crippen LogP contribution in [0.5, 0.6) is 0 Å². The van der Waals surface area contributed by atoms with E-state index in [2.05, 4.69) is 12.0 Å². The number of carbonyl (C=O) groups is 1. The van der Waals surface area contributed by atoms with Gasteiger partial charge in [-0.25, -0.2) is 0 Å². The molecule has 8 atom stereocenters. The monoisotopic (exact) mass is 384 g/mol. The number of carbonyl (C=O) groups excluding carboxylic acids is 1. The second-order valence-electron chi connectivity index (χ2n) is 11.0. The van der Waals surface area contributed by atoms with Gasteiger partial charge in [-0.1, -0.05) is 6.92 Å². The van der Waals surface area contributed by atoms with Gasteiger partial charge < -0.3 is 5.11 Å². The van der Waals surface area contributed by atoms with Crippen LogP contribution >= 0.6 is 0 Å². The van der Waals surface area contributed by atoms with E-state index in [0.29, 0.717) is 12.3 Å². The maximum atomic E-state index is 13.1. The molecule has 0 bridgehead atoms. The molecule has 1 N–H and O–H groups in total. The minimum Gasteiger partial charge on any atom is -0.390 e. The number of Topliss-reactive ketones (excluding diaryl/α,β-unsaturated/α-hetero) is 1. The number of hydrogen-bond acceptors (Lipinski definition) is 3. The van der Waals surface area contributed by atoms with Gasteiger partial charge in [0.05, 0.1) is 12.1 Å². The topological polar surface area (TPSA) is 55.1 Å². The fourth-order valence-electron chi connectivity index (χ4n) is 8.27. The standard InChI is InChI=1S/C24H36N2O2/c1-23(28)10-8-17-16(14-23)4-5-19-18(17)9-11-24(2)20(19)6-7-21(24)22(27)15-26-13-3-12-25-26/h3,12-13,16-21,28H,4-11,14-15H2,1-2H3/t16-,17+,18-,19-,20+,21-,23-,24+/m1/s1. The number of rotatable bonds is 3. The zero-order chi connectivity index (χ0) is 19.5. The van der Waals surface area contributed by atoms with Gasteiger partial charge in [0, 0.05) is 18.3 Å². The van der Waals surface area contributed by atoms with Crippen molar-refractivity contribution in [2.45, 2.75) is 83.8 Å². The largest absolute Gasteiger partial charge is 0.390 e. The smallest absolute Gasteiger partial charge is 0.157 e. The molecule has 0 saturated heterocycles. The summed E-state index contributed by atoms with van der Waals surface area (Å²) in [5.74, 6) is 4.54. The lowest BCUT2D eigenvalue weighted by Gasteiger charge is -2.56. The lowest BCUT2D eigenvalue weighted by Crippen LogP contribution is -2.51. The zero-order valence-corrected chi connectivity index (χ0v) is 17.5. The third-order valence-corrected chi connectivity index (χ3v) is 9.50. The van der Waals surface area contributed by atoms with E-state index >= 15 is 0 Å². The quantitative estimate of drug-likeness (QED) is 0.836. The predicted molar refractivity (Wildman–Crippen MR) is 108 cm³/mol. The highest BCUT2D eigenvalue weighted by atomic mass is 16.3. The summed E-state index contributed by atoms with van der Waals surface area (Å²) in [5, 5.41) is 14.8. The molecular weight excluding hydrogens is 348 g/mol. The zero-order valence-electron chi connectivity index (χ0n) is 17.5. The Morgan fingerprint density at radius 3 is 2.68 bits per heavy atom. The molecule has 28 heavy (non-hydrogen) atoms. The van der Waals surface area contributed by atoms with Crippen molar-refractivity contribution in [1.82, 2.24) is 9.78 Å². The summed E-state index contributed by atoms with van der Waals surface area (Å²) in [6, 6.07) is 1.90. The number of aliphatic hydroxyl groups is 1. The normalized spacial score (nSPS) is 47.8. The van der Waals surface area contributed by atoms with Gasteiger partial charge in [0.25, 0.3) is 0 Å². The molecule has 4 aliphatic rings. The van der Waals surface area contributed by atoms with Crippen molar-refractivity contribution in [3.05, 3.63) is 18.5 Å². The molecule has 4 saturated carbocycles. The molecule has 4 nitrogen and oxygen atoms in total. The average molecular weight is 385 g/mol. The number of hydrogen-bond donors (Lipinski definition) is 1. The minimum absolute atomic E-state index is 0.193. The molecule has 4 aliphatic carbocycles. The molecule has 0 spiro atoms. The third-order valence-electron chi connectivity index (χ3n) is 9.50. The van der Waals surface area contributed by atoms with Gasteiger partial charge >= 0.3 is 0 Å². The number of aromatic nitrogens is 2. The Bertz CT molecular complexity index is 727. The Morgan fingerprint density at radius 2 is 1.89 bits per heavy atom. The van der Waals surface area contributed by atoms with Gasteiger partial charge in [-0.05, 0) is 106 Å². The molecule has 0 unspecified atom stereocenters. The first kappa shape index (κ1) is 18.8. The van der Waals surface area contributed by atoms with Crippen molar-refractivity contribution in [3.63, 3.8) is 0 Å². The number of fused-ring (bicyclic) bond motifs is 5. The van der Waals surface area contributed by atoms with Gasteiger partial charge in [0.15, 0.2) is 5.78 Å². The molecular formula is C24H36N2O2. The van der Waals surface area contributed by atoms with Crippen LogP contribution < -0.4 is 0 Å². The highest BCUT2D eigenvalue weighted by Gasteiger charge is 2.58. The first-order valence-electron chi connectivity index (χ1n) is 11.6. The predicted octanol–water partition coefficient (Wildman–Crippen LogP) is 4.47. The van der Waals surface area contributed by atoms with Crippen LogP contribution in [0.15, 0.2) is 18.5 Å². The molecule has 4 fully saturated rings. The first-order valence-corrected chi connectivity index (χ1v) is 11.6. The summed E-state index contributed by atoms with van der Waals surface area (Å²) < 4.78 is 1.80. The second kappa shape index (κ2) is 6.68. The van der Waals surface area contributed by atoms with Gasteiger partial charge in [-0.2, -0.15) is 5.10 Å². The van der Waals surface area contributed by atoms with E-state index in [9.17, 15) is 9.90 Å². The van der Waals surface area contributed by atoms with Crippen molar-refractivity contribution < 1.29 is 9.90 Å².